The molecule has 0 amide bonds. The van der Waals surface area contributed by atoms with Crippen LogP contribution in [0.4, 0.5) is 4.39 Å². The summed E-state index contributed by atoms with van der Waals surface area (Å²) in [6, 6.07) is 5.01. The number of benzene rings is 1. The molecule has 0 aliphatic carbocycles. The lowest BCUT2D eigenvalue weighted by molar-refractivity contribution is -0.139. The molecule has 0 saturated carbocycles. The normalized spacial score (nSPS) is 21.9. The van der Waals surface area contributed by atoms with E-state index in [0.717, 1.165) is 5.69 Å². The first-order chi connectivity index (χ1) is 9.16. The molecule has 0 bridgehead atoms. The Kier molecular flexibility index (Phi) is 2.79. The van der Waals surface area contributed by atoms with Gasteiger partial charge in [-0.3, -0.25) is 10.1 Å². The van der Waals surface area contributed by atoms with E-state index in [1.54, 1.807) is 18.2 Å². The van der Waals surface area contributed by atoms with Crippen LogP contribution in [0.1, 0.15) is 23.0 Å². The van der Waals surface area contributed by atoms with E-state index in [1.807, 2.05) is 0 Å². The van der Waals surface area contributed by atoms with E-state index in [2.05, 4.69) is 15.3 Å². The zero-order chi connectivity index (χ0) is 13.4. The van der Waals surface area contributed by atoms with Crippen molar-refractivity contribution in [1.82, 2.24) is 15.3 Å². The standard InChI is InChI=1S/C13H12FN3O2/c14-8-4-2-1-3-7(8)11-12-9(15-6-16-12)5-10(17-11)13(18)19/h1-4,6,10-11,17H,5H2,(H,15,16)(H,18,19)/t10-,11-/m0/s1. The molecule has 1 aliphatic heterocycles. The maximum absolute atomic E-state index is 13.9. The third-order valence-corrected chi connectivity index (χ3v) is 3.32. The van der Waals surface area contributed by atoms with Gasteiger partial charge in [0.1, 0.15) is 11.9 Å². The number of aromatic nitrogens is 2. The van der Waals surface area contributed by atoms with Gasteiger partial charge in [0.25, 0.3) is 0 Å². The van der Waals surface area contributed by atoms with Crippen LogP contribution in [0.3, 0.4) is 0 Å². The number of halogens is 1. The van der Waals surface area contributed by atoms with Crippen molar-refractivity contribution in [3.63, 3.8) is 0 Å². The zero-order valence-corrected chi connectivity index (χ0v) is 9.93. The highest BCUT2D eigenvalue weighted by atomic mass is 19.1. The fourth-order valence-electron chi connectivity index (χ4n) is 2.39. The second kappa shape index (κ2) is 4.47. The Morgan fingerprint density at radius 2 is 2.21 bits per heavy atom. The topological polar surface area (TPSA) is 78.0 Å². The molecular formula is C13H12FN3O2. The molecule has 2 atom stereocenters. The van der Waals surface area contributed by atoms with E-state index in [4.69, 9.17) is 5.11 Å². The van der Waals surface area contributed by atoms with Crippen LogP contribution in [0, 0.1) is 5.82 Å². The minimum Gasteiger partial charge on any atom is -0.480 e. The molecule has 19 heavy (non-hydrogen) atoms. The van der Waals surface area contributed by atoms with E-state index in [-0.39, 0.29) is 5.82 Å². The average Bonchev–Trinajstić information content (AvgIpc) is 2.86. The molecule has 0 spiro atoms. The van der Waals surface area contributed by atoms with Crippen molar-refractivity contribution in [1.29, 1.82) is 0 Å². The quantitative estimate of drug-likeness (QED) is 0.760. The number of rotatable bonds is 2. The van der Waals surface area contributed by atoms with Gasteiger partial charge >= 0.3 is 5.97 Å². The van der Waals surface area contributed by atoms with Crippen molar-refractivity contribution in [3.8, 4) is 0 Å². The summed E-state index contributed by atoms with van der Waals surface area (Å²) >= 11 is 0. The van der Waals surface area contributed by atoms with Crippen molar-refractivity contribution >= 4 is 5.97 Å². The second-order valence-electron chi connectivity index (χ2n) is 4.48. The van der Waals surface area contributed by atoms with E-state index in [0.29, 0.717) is 17.7 Å². The van der Waals surface area contributed by atoms with Crippen LogP contribution < -0.4 is 5.32 Å². The molecule has 0 fully saturated rings. The van der Waals surface area contributed by atoms with Gasteiger partial charge in [-0.25, -0.2) is 9.37 Å². The Balaban J connectivity index is 2.06. The van der Waals surface area contributed by atoms with Gasteiger partial charge in [-0.2, -0.15) is 0 Å². The first-order valence-corrected chi connectivity index (χ1v) is 5.92. The Morgan fingerprint density at radius 1 is 1.42 bits per heavy atom. The van der Waals surface area contributed by atoms with E-state index < -0.39 is 18.1 Å². The van der Waals surface area contributed by atoms with Crippen LogP contribution in [-0.4, -0.2) is 27.1 Å². The van der Waals surface area contributed by atoms with Crippen LogP contribution in [0.15, 0.2) is 30.6 Å². The maximum Gasteiger partial charge on any atom is 0.321 e. The van der Waals surface area contributed by atoms with E-state index >= 15 is 0 Å². The van der Waals surface area contributed by atoms with Crippen LogP contribution in [0.2, 0.25) is 0 Å². The Morgan fingerprint density at radius 3 is 2.95 bits per heavy atom. The van der Waals surface area contributed by atoms with E-state index in [9.17, 15) is 9.18 Å². The smallest absolute Gasteiger partial charge is 0.321 e. The molecule has 0 radical (unpaired) electrons. The fraction of sp³-hybridized carbons (Fsp3) is 0.231. The maximum atomic E-state index is 13.9. The molecule has 3 N–H and O–H groups in total. The highest BCUT2D eigenvalue weighted by molar-refractivity contribution is 5.74. The summed E-state index contributed by atoms with van der Waals surface area (Å²) in [5, 5.41) is 12.1. The number of aliphatic carboxylic acids is 1. The number of H-pyrrole nitrogens is 1. The summed E-state index contributed by atoms with van der Waals surface area (Å²) in [6.07, 6.45) is 1.82. The minimum absolute atomic E-state index is 0.315. The average molecular weight is 261 g/mol. The monoisotopic (exact) mass is 261 g/mol. The van der Waals surface area contributed by atoms with Gasteiger partial charge in [0.05, 0.1) is 18.1 Å². The molecule has 6 heteroatoms. The lowest BCUT2D eigenvalue weighted by atomic mass is 9.94. The van der Waals surface area contributed by atoms with Crippen molar-refractivity contribution in [2.45, 2.75) is 18.5 Å². The van der Waals surface area contributed by atoms with Crippen LogP contribution in [0.25, 0.3) is 0 Å². The summed E-state index contributed by atoms with van der Waals surface area (Å²) < 4.78 is 13.9. The fourth-order valence-corrected chi connectivity index (χ4v) is 2.39. The number of hydrogen-bond acceptors (Lipinski definition) is 3. The van der Waals surface area contributed by atoms with Gasteiger partial charge in [0.15, 0.2) is 0 Å². The number of imidazole rings is 1. The number of nitrogens with one attached hydrogen (secondary N) is 2. The minimum atomic E-state index is -0.957. The Hall–Kier alpha value is -2.21. The summed E-state index contributed by atoms with van der Waals surface area (Å²) in [7, 11) is 0. The molecule has 0 unspecified atom stereocenters. The molecule has 1 aromatic heterocycles. The number of carbonyl (C=O) groups is 1. The second-order valence-corrected chi connectivity index (χ2v) is 4.48. The Labute approximate surface area is 108 Å². The third-order valence-electron chi connectivity index (χ3n) is 3.32. The number of carboxylic acid groups (broad SMARTS) is 1. The SMILES string of the molecule is O=C(O)[C@@H]1Cc2[nH]cnc2[C@H](c2ccccc2F)N1. The number of hydrogen-bond donors (Lipinski definition) is 3. The van der Waals surface area contributed by atoms with Gasteiger partial charge in [0.2, 0.25) is 0 Å². The summed E-state index contributed by atoms with van der Waals surface area (Å²) in [4.78, 5) is 18.3. The highest BCUT2D eigenvalue weighted by Gasteiger charge is 2.34. The number of carboxylic acids is 1. The first-order valence-electron chi connectivity index (χ1n) is 5.92. The van der Waals surface area contributed by atoms with Crippen molar-refractivity contribution < 1.29 is 14.3 Å². The van der Waals surface area contributed by atoms with Crippen molar-refractivity contribution in [3.05, 3.63) is 53.4 Å². The lowest BCUT2D eigenvalue weighted by Crippen LogP contribution is -2.45. The lowest BCUT2D eigenvalue weighted by Gasteiger charge is -2.28. The van der Waals surface area contributed by atoms with Crippen molar-refractivity contribution in [2.24, 2.45) is 0 Å². The van der Waals surface area contributed by atoms with E-state index in [1.165, 1.54) is 12.4 Å². The van der Waals surface area contributed by atoms with Crippen LogP contribution >= 0.6 is 0 Å². The predicted molar refractivity (Wildman–Crippen MR) is 65.1 cm³/mol. The highest BCUT2D eigenvalue weighted by Crippen LogP contribution is 2.29. The molecule has 98 valence electrons. The van der Waals surface area contributed by atoms with Gasteiger partial charge in [-0.1, -0.05) is 18.2 Å². The van der Waals surface area contributed by atoms with Gasteiger partial charge in [-0.15, -0.1) is 0 Å². The van der Waals surface area contributed by atoms with Gasteiger partial charge < -0.3 is 10.1 Å². The van der Waals surface area contributed by atoms with Gasteiger partial charge in [-0.05, 0) is 6.07 Å². The molecule has 5 nitrogen and oxygen atoms in total. The number of fused-ring (bicyclic) bond motifs is 1. The summed E-state index contributed by atoms with van der Waals surface area (Å²) in [5.74, 6) is -1.33. The molecule has 0 saturated heterocycles. The number of nitrogens with zero attached hydrogens (tertiary/aromatic N) is 1. The molecule has 1 aliphatic rings. The molecule has 3 rings (SSSR count). The molecule has 2 aromatic rings. The largest absolute Gasteiger partial charge is 0.480 e. The molecule has 2 heterocycles. The van der Waals surface area contributed by atoms with Gasteiger partial charge in [0, 0.05) is 17.7 Å². The third kappa shape index (κ3) is 2.00. The summed E-state index contributed by atoms with van der Waals surface area (Å²) in [5.41, 5.74) is 1.80. The first kappa shape index (κ1) is 11.9. The Bertz CT molecular complexity index is 626. The molecule has 1 aromatic carbocycles. The molecular weight excluding hydrogens is 249 g/mol. The van der Waals surface area contributed by atoms with Crippen molar-refractivity contribution in [2.75, 3.05) is 0 Å². The summed E-state index contributed by atoms with van der Waals surface area (Å²) in [6.45, 7) is 0. The predicted octanol–water partition coefficient (Wildman–Crippen LogP) is 1.24. The van der Waals surface area contributed by atoms with Crippen LogP contribution in [-0.2, 0) is 11.2 Å². The van der Waals surface area contributed by atoms with Crippen LogP contribution in [0.5, 0.6) is 0 Å². The zero-order valence-electron chi connectivity index (χ0n) is 9.93. The number of aromatic amines is 1.